The number of unbranched alkanes of at least 4 members (excludes halogenated alkanes) is 7. The average molecular weight is 183 g/mol. The van der Waals surface area contributed by atoms with E-state index in [0.717, 1.165) is 0 Å². The molecule has 0 bridgehead atoms. The number of nitrogens with zero attached hydrogens (tertiary/aromatic N) is 1. The maximum atomic E-state index is 2.52. The number of rotatable bonds is 9. The lowest BCUT2D eigenvalue weighted by atomic mass is 10.1. The molecule has 13 heavy (non-hydrogen) atoms. The summed E-state index contributed by atoms with van der Waals surface area (Å²) in [6.45, 7) is 6.39. The van der Waals surface area contributed by atoms with E-state index in [1.54, 1.807) is 0 Å². The van der Waals surface area contributed by atoms with Gasteiger partial charge in [0, 0.05) is 13.1 Å². The second kappa shape index (κ2) is 7.37. The Hall–Kier alpha value is -0.0400. The van der Waals surface area contributed by atoms with Gasteiger partial charge < -0.3 is 4.90 Å². The molecular weight excluding hydrogens is 158 g/mol. The molecule has 1 aliphatic rings. The molecule has 0 N–H and O–H groups in total. The number of hydrogen-bond acceptors (Lipinski definition) is 1. The fourth-order valence-electron chi connectivity index (χ4n) is 1.76. The van der Waals surface area contributed by atoms with Crippen LogP contribution in [-0.4, -0.2) is 24.5 Å². The highest BCUT2D eigenvalue weighted by Crippen LogP contribution is 2.10. The molecule has 0 saturated carbocycles. The van der Waals surface area contributed by atoms with Gasteiger partial charge in [0.2, 0.25) is 0 Å². The van der Waals surface area contributed by atoms with Crippen molar-refractivity contribution in [1.82, 2.24) is 4.90 Å². The lowest BCUT2D eigenvalue weighted by Gasteiger charge is -2.01. The molecule has 0 aromatic carbocycles. The van der Waals surface area contributed by atoms with Crippen LogP contribution in [0.15, 0.2) is 0 Å². The molecule has 0 aromatic rings. The van der Waals surface area contributed by atoms with Crippen LogP contribution in [0.1, 0.15) is 58.3 Å². The van der Waals surface area contributed by atoms with E-state index in [-0.39, 0.29) is 0 Å². The van der Waals surface area contributed by atoms with Crippen molar-refractivity contribution in [3.63, 3.8) is 0 Å². The van der Waals surface area contributed by atoms with Crippen molar-refractivity contribution in [2.24, 2.45) is 0 Å². The van der Waals surface area contributed by atoms with Crippen molar-refractivity contribution in [1.29, 1.82) is 0 Å². The molecule has 1 nitrogen and oxygen atoms in total. The normalized spacial score (nSPS) is 16.4. The first-order valence-corrected chi connectivity index (χ1v) is 6.16. The predicted molar refractivity (Wildman–Crippen MR) is 59.1 cm³/mol. The second-order valence-electron chi connectivity index (χ2n) is 4.32. The summed E-state index contributed by atoms with van der Waals surface area (Å²) in [5, 5.41) is 0. The Morgan fingerprint density at radius 1 is 0.769 bits per heavy atom. The topological polar surface area (TPSA) is 3.01 Å². The summed E-state index contributed by atoms with van der Waals surface area (Å²) in [4.78, 5) is 2.52. The third kappa shape index (κ3) is 7.06. The lowest BCUT2D eigenvalue weighted by molar-refractivity contribution is 0.498. The quantitative estimate of drug-likeness (QED) is 0.391. The maximum Gasteiger partial charge on any atom is 0.0110 e. The van der Waals surface area contributed by atoms with Crippen molar-refractivity contribution >= 4 is 0 Å². The second-order valence-corrected chi connectivity index (χ2v) is 4.32. The van der Waals surface area contributed by atoms with Gasteiger partial charge in [-0.2, -0.15) is 0 Å². The Labute approximate surface area is 83.5 Å². The highest BCUT2D eigenvalue weighted by atomic mass is 15.2. The fraction of sp³-hybridized carbons (Fsp3) is 1.00. The first-order chi connectivity index (χ1) is 6.43. The molecule has 1 fully saturated rings. The summed E-state index contributed by atoms with van der Waals surface area (Å²) in [6.07, 6.45) is 11.6. The number of hydrogen-bond donors (Lipinski definition) is 0. The molecule has 0 amide bonds. The van der Waals surface area contributed by atoms with Gasteiger partial charge in [-0.3, -0.25) is 0 Å². The van der Waals surface area contributed by atoms with Crippen LogP contribution in [0.3, 0.4) is 0 Å². The molecular formula is C12H25N. The van der Waals surface area contributed by atoms with E-state index < -0.39 is 0 Å². The highest BCUT2D eigenvalue weighted by molar-refractivity contribution is 4.71. The van der Waals surface area contributed by atoms with Crippen molar-refractivity contribution in [3.8, 4) is 0 Å². The van der Waals surface area contributed by atoms with Gasteiger partial charge >= 0.3 is 0 Å². The standard InChI is InChI=1S/C12H25N/c1-2-3-4-5-6-7-8-9-10-13-11-12-13/h2-12H2,1H3. The fourth-order valence-corrected chi connectivity index (χ4v) is 1.76. The van der Waals surface area contributed by atoms with Gasteiger partial charge in [0.05, 0.1) is 0 Å². The van der Waals surface area contributed by atoms with Gasteiger partial charge in [-0.05, 0) is 13.0 Å². The minimum atomic E-state index is 1.37. The SMILES string of the molecule is CCCCCCCCCCN1CC1. The molecule has 0 aliphatic carbocycles. The summed E-state index contributed by atoms with van der Waals surface area (Å²) in [7, 11) is 0. The molecule has 78 valence electrons. The minimum Gasteiger partial charge on any atom is -0.301 e. The van der Waals surface area contributed by atoms with Crippen molar-refractivity contribution in [3.05, 3.63) is 0 Å². The zero-order valence-corrected chi connectivity index (χ0v) is 9.23. The van der Waals surface area contributed by atoms with Gasteiger partial charge in [0.25, 0.3) is 0 Å². The van der Waals surface area contributed by atoms with E-state index in [1.807, 2.05) is 0 Å². The molecule has 0 spiro atoms. The third-order valence-corrected chi connectivity index (χ3v) is 2.87. The Bertz CT molecular complexity index is 108. The molecule has 1 heterocycles. The molecule has 0 unspecified atom stereocenters. The van der Waals surface area contributed by atoms with Gasteiger partial charge in [-0.25, -0.2) is 0 Å². The summed E-state index contributed by atoms with van der Waals surface area (Å²) in [5.74, 6) is 0. The molecule has 0 radical (unpaired) electrons. The molecule has 0 atom stereocenters. The van der Waals surface area contributed by atoms with Crippen LogP contribution in [0.5, 0.6) is 0 Å². The van der Waals surface area contributed by atoms with Crippen molar-refractivity contribution in [2.45, 2.75) is 58.3 Å². The van der Waals surface area contributed by atoms with Crippen LogP contribution >= 0.6 is 0 Å². The third-order valence-electron chi connectivity index (χ3n) is 2.87. The first kappa shape index (κ1) is 11.0. The zero-order valence-electron chi connectivity index (χ0n) is 9.23. The van der Waals surface area contributed by atoms with Crippen LogP contribution in [0.4, 0.5) is 0 Å². The summed E-state index contributed by atoms with van der Waals surface area (Å²) >= 11 is 0. The lowest BCUT2D eigenvalue weighted by Crippen LogP contribution is -1.98. The molecule has 1 saturated heterocycles. The first-order valence-electron chi connectivity index (χ1n) is 6.16. The molecule has 1 heteroatoms. The van der Waals surface area contributed by atoms with Gasteiger partial charge in [-0.1, -0.05) is 51.9 Å². The van der Waals surface area contributed by atoms with E-state index in [2.05, 4.69) is 11.8 Å². The maximum absolute atomic E-state index is 2.52. The van der Waals surface area contributed by atoms with Crippen LogP contribution in [0.2, 0.25) is 0 Å². The Morgan fingerprint density at radius 3 is 1.85 bits per heavy atom. The molecule has 0 aromatic heterocycles. The van der Waals surface area contributed by atoms with Crippen molar-refractivity contribution < 1.29 is 0 Å². The Morgan fingerprint density at radius 2 is 1.31 bits per heavy atom. The van der Waals surface area contributed by atoms with Crippen LogP contribution < -0.4 is 0 Å². The van der Waals surface area contributed by atoms with E-state index in [1.165, 1.54) is 71.0 Å². The van der Waals surface area contributed by atoms with Crippen molar-refractivity contribution in [2.75, 3.05) is 19.6 Å². The predicted octanol–water partition coefficient (Wildman–Crippen LogP) is 3.44. The molecule has 1 rings (SSSR count). The molecule has 1 aliphatic heterocycles. The van der Waals surface area contributed by atoms with Crippen LogP contribution in [0.25, 0.3) is 0 Å². The minimum absolute atomic E-state index is 1.37. The van der Waals surface area contributed by atoms with E-state index in [4.69, 9.17) is 0 Å². The largest absolute Gasteiger partial charge is 0.301 e. The van der Waals surface area contributed by atoms with Crippen LogP contribution in [0, 0.1) is 0 Å². The zero-order chi connectivity index (χ0) is 9.36. The summed E-state index contributed by atoms with van der Waals surface area (Å²) < 4.78 is 0. The van der Waals surface area contributed by atoms with Gasteiger partial charge in [0.15, 0.2) is 0 Å². The smallest absolute Gasteiger partial charge is 0.0110 e. The Kier molecular flexibility index (Phi) is 6.26. The van der Waals surface area contributed by atoms with E-state index in [9.17, 15) is 0 Å². The van der Waals surface area contributed by atoms with Gasteiger partial charge in [-0.15, -0.1) is 0 Å². The van der Waals surface area contributed by atoms with E-state index in [0.29, 0.717) is 0 Å². The average Bonchev–Trinajstić information content (AvgIpc) is 2.93. The summed E-state index contributed by atoms with van der Waals surface area (Å²) in [5.41, 5.74) is 0. The highest BCUT2D eigenvalue weighted by Gasteiger charge is 2.14. The van der Waals surface area contributed by atoms with E-state index >= 15 is 0 Å². The van der Waals surface area contributed by atoms with Gasteiger partial charge in [0.1, 0.15) is 0 Å². The summed E-state index contributed by atoms with van der Waals surface area (Å²) in [6, 6.07) is 0. The van der Waals surface area contributed by atoms with Crippen LogP contribution in [-0.2, 0) is 0 Å². The Balaban J connectivity index is 1.63. The monoisotopic (exact) mass is 183 g/mol.